The van der Waals surface area contributed by atoms with Gasteiger partial charge in [-0.1, -0.05) is 30.3 Å². The topological polar surface area (TPSA) is 29.1 Å². The van der Waals surface area contributed by atoms with Crippen LogP contribution in [0.4, 0.5) is 0 Å². The van der Waals surface area contributed by atoms with Gasteiger partial charge in [-0.2, -0.15) is 0 Å². The third kappa shape index (κ3) is 2.23. The van der Waals surface area contributed by atoms with E-state index in [1.807, 2.05) is 23.5 Å². The van der Waals surface area contributed by atoms with Crippen molar-refractivity contribution in [3.8, 4) is 0 Å². The van der Waals surface area contributed by atoms with E-state index in [9.17, 15) is 4.79 Å². The SMILES string of the molecule is CSC1=C(NC=O)S[C@H]2[C@@H]3CCC(C3)[C@H]2[C@@H]1c1ccccc1. The number of carbonyl (C=O) groups is 1. The van der Waals surface area contributed by atoms with Crippen molar-refractivity contribution in [2.24, 2.45) is 17.8 Å². The molecule has 2 saturated carbocycles. The highest BCUT2D eigenvalue weighted by Crippen LogP contribution is 2.63. The zero-order valence-electron chi connectivity index (χ0n) is 12.7. The van der Waals surface area contributed by atoms with E-state index in [0.29, 0.717) is 11.2 Å². The van der Waals surface area contributed by atoms with Crippen LogP contribution in [0.3, 0.4) is 0 Å². The standard InChI is InChI=1S/C18H21NOS2/c1-21-17-14(11-5-3-2-4-6-11)15-12-7-8-13(9-12)16(15)22-18(17)19-10-20/h2-6,10,12-16H,7-9H2,1H3,(H,19,20)/t12?,13-,14+,15+,16+/m1/s1. The number of rotatable bonds is 4. The van der Waals surface area contributed by atoms with Crippen molar-refractivity contribution < 1.29 is 4.79 Å². The van der Waals surface area contributed by atoms with Crippen LogP contribution >= 0.6 is 23.5 Å². The van der Waals surface area contributed by atoms with E-state index < -0.39 is 0 Å². The number of hydrogen-bond acceptors (Lipinski definition) is 3. The van der Waals surface area contributed by atoms with Gasteiger partial charge in [-0.3, -0.25) is 4.79 Å². The van der Waals surface area contributed by atoms with E-state index in [4.69, 9.17) is 0 Å². The molecule has 5 atom stereocenters. The Balaban J connectivity index is 1.81. The third-order valence-corrected chi connectivity index (χ3v) is 8.19. The zero-order valence-corrected chi connectivity index (χ0v) is 14.3. The van der Waals surface area contributed by atoms with E-state index in [-0.39, 0.29) is 0 Å². The lowest BCUT2D eigenvalue weighted by molar-refractivity contribution is -0.108. The second kappa shape index (κ2) is 5.97. The van der Waals surface area contributed by atoms with Crippen LogP contribution in [0.25, 0.3) is 0 Å². The maximum absolute atomic E-state index is 11.1. The van der Waals surface area contributed by atoms with Gasteiger partial charge in [-0.25, -0.2) is 0 Å². The highest BCUT2D eigenvalue weighted by Gasteiger charge is 2.54. The minimum absolute atomic E-state index is 0.459. The molecule has 0 radical (unpaired) electrons. The van der Waals surface area contributed by atoms with Gasteiger partial charge in [-0.05, 0) is 48.8 Å². The number of fused-ring (bicyclic) bond motifs is 5. The van der Waals surface area contributed by atoms with Crippen molar-refractivity contribution in [2.45, 2.75) is 30.4 Å². The van der Waals surface area contributed by atoms with Gasteiger partial charge in [0, 0.05) is 16.1 Å². The summed E-state index contributed by atoms with van der Waals surface area (Å²) in [5.41, 5.74) is 1.42. The Bertz CT molecular complexity index is 600. The minimum atomic E-state index is 0.459. The average Bonchev–Trinajstić information content (AvgIpc) is 3.16. The van der Waals surface area contributed by atoms with E-state index in [1.165, 1.54) is 29.7 Å². The Labute approximate surface area is 140 Å². The molecule has 3 aliphatic rings. The van der Waals surface area contributed by atoms with Crippen molar-refractivity contribution in [3.05, 3.63) is 45.8 Å². The molecule has 116 valence electrons. The van der Waals surface area contributed by atoms with Gasteiger partial charge in [0.1, 0.15) is 0 Å². The maximum Gasteiger partial charge on any atom is 0.211 e. The number of amides is 1. The molecule has 0 saturated heterocycles. The molecule has 1 aliphatic heterocycles. The van der Waals surface area contributed by atoms with Gasteiger partial charge in [0.05, 0.1) is 5.03 Å². The first-order valence-corrected chi connectivity index (χ1v) is 10.1. The number of nitrogens with one attached hydrogen (secondary N) is 1. The Hall–Kier alpha value is -0.870. The summed E-state index contributed by atoms with van der Waals surface area (Å²) in [5.74, 6) is 2.91. The van der Waals surface area contributed by atoms with Crippen LogP contribution in [-0.4, -0.2) is 17.9 Å². The van der Waals surface area contributed by atoms with Crippen LogP contribution in [0.5, 0.6) is 0 Å². The molecule has 22 heavy (non-hydrogen) atoms. The Morgan fingerprint density at radius 1 is 1.23 bits per heavy atom. The summed E-state index contributed by atoms with van der Waals surface area (Å²) in [4.78, 5) is 12.4. The number of carbonyl (C=O) groups excluding carboxylic acids is 1. The molecule has 0 aromatic heterocycles. The van der Waals surface area contributed by atoms with Gasteiger partial charge in [-0.15, -0.1) is 23.5 Å². The number of benzene rings is 1. The predicted octanol–water partition coefficient (Wildman–Crippen LogP) is 4.21. The third-order valence-electron chi connectivity index (χ3n) is 5.62. The fraction of sp³-hybridized carbons (Fsp3) is 0.500. The van der Waals surface area contributed by atoms with Crippen LogP contribution in [-0.2, 0) is 4.79 Å². The van der Waals surface area contributed by atoms with E-state index in [1.54, 1.807) is 0 Å². The molecule has 1 unspecified atom stereocenters. The predicted molar refractivity (Wildman–Crippen MR) is 94.6 cm³/mol. The fourth-order valence-electron chi connectivity index (χ4n) is 4.84. The smallest absolute Gasteiger partial charge is 0.211 e. The highest BCUT2D eigenvalue weighted by molar-refractivity contribution is 8.07. The Morgan fingerprint density at radius 3 is 2.73 bits per heavy atom. The van der Waals surface area contributed by atoms with Crippen LogP contribution in [0.2, 0.25) is 0 Å². The normalized spacial score (nSPS) is 36.3. The van der Waals surface area contributed by atoms with Crippen LogP contribution in [0.1, 0.15) is 30.7 Å². The molecule has 1 aromatic carbocycles. The lowest BCUT2D eigenvalue weighted by atomic mass is 9.75. The first kappa shape index (κ1) is 14.7. The fourth-order valence-corrected chi connectivity index (χ4v) is 7.64. The molecule has 4 rings (SSSR count). The minimum Gasteiger partial charge on any atom is -0.323 e. The Kier molecular flexibility index (Phi) is 3.99. The Morgan fingerprint density at radius 2 is 2.00 bits per heavy atom. The summed E-state index contributed by atoms with van der Waals surface area (Å²) >= 11 is 3.75. The van der Waals surface area contributed by atoms with Crippen molar-refractivity contribution in [2.75, 3.05) is 6.26 Å². The van der Waals surface area contributed by atoms with Crippen molar-refractivity contribution in [3.63, 3.8) is 0 Å². The molecule has 2 nitrogen and oxygen atoms in total. The summed E-state index contributed by atoms with van der Waals surface area (Å²) in [7, 11) is 0. The molecule has 2 aliphatic carbocycles. The first-order valence-electron chi connectivity index (χ1n) is 8.03. The summed E-state index contributed by atoms with van der Waals surface area (Å²) in [6.45, 7) is 0. The monoisotopic (exact) mass is 331 g/mol. The molecule has 1 N–H and O–H groups in total. The van der Waals surface area contributed by atoms with Gasteiger partial charge in [0.15, 0.2) is 0 Å². The lowest BCUT2D eigenvalue weighted by Gasteiger charge is -2.42. The van der Waals surface area contributed by atoms with Gasteiger partial charge in [0.25, 0.3) is 0 Å². The van der Waals surface area contributed by atoms with Crippen molar-refractivity contribution in [1.29, 1.82) is 0 Å². The van der Waals surface area contributed by atoms with Gasteiger partial charge in [0.2, 0.25) is 6.41 Å². The number of allylic oxidation sites excluding steroid dienone is 1. The molecule has 1 heterocycles. The van der Waals surface area contributed by atoms with Crippen LogP contribution in [0.15, 0.2) is 40.3 Å². The highest BCUT2D eigenvalue weighted by atomic mass is 32.2. The molecular formula is C18H21NOS2. The summed E-state index contributed by atoms with van der Waals surface area (Å²) in [6, 6.07) is 10.9. The summed E-state index contributed by atoms with van der Waals surface area (Å²) in [5, 5.41) is 4.78. The molecule has 2 bridgehead atoms. The van der Waals surface area contributed by atoms with E-state index in [0.717, 1.165) is 29.2 Å². The molecule has 1 amide bonds. The zero-order chi connectivity index (χ0) is 15.1. The van der Waals surface area contributed by atoms with Crippen LogP contribution in [0, 0.1) is 17.8 Å². The molecule has 4 heteroatoms. The van der Waals surface area contributed by atoms with E-state index in [2.05, 4.69) is 41.9 Å². The maximum atomic E-state index is 11.1. The second-order valence-corrected chi connectivity index (χ2v) is 8.58. The lowest BCUT2D eigenvalue weighted by Crippen LogP contribution is -2.36. The molecule has 2 fully saturated rings. The van der Waals surface area contributed by atoms with E-state index >= 15 is 0 Å². The molecule has 1 aromatic rings. The summed E-state index contributed by atoms with van der Waals surface area (Å²) in [6.07, 6.45) is 7.15. The van der Waals surface area contributed by atoms with Gasteiger partial charge < -0.3 is 5.32 Å². The largest absolute Gasteiger partial charge is 0.323 e. The van der Waals surface area contributed by atoms with Crippen LogP contribution < -0.4 is 5.32 Å². The summed E-state index contributed by atoms with van der Waals surface area (Å²) < 4.78 is 0. The molecular weight excluding hydrogens is 310 g/mol. The second-order valence-electron chi connectivity index (χ2n) is 6.54. The molecule has 0 spiro atoms. The first-order chi connectivity index (χ1) is 10.8. The number of hydrogen-bond donors (Lipinski definition) is 1. The number of thioether (sulfide) groups is 2. The van der Waals surface area contributed by atoms with Crippen molar-refractivity contribution >= 4 is 29.9 Å². The average molecular weight is 332 g/mol. The van der Waals surface area contributed by atoms with Crippen molar-refractivity contribution in [1.82, 2.24) is 5.32 Å². The van der Waals surface area contributed by atoms with Gasteiger partial charge >= 0.3 is 0 Å². The quantitative estimate of drug-likeness (QED) is 0.838.